The van der Waals surface area contributed by atoms with Gasteiger partial charge in [0.2, 0.25) is 0 Å². The smallest absolute Gasteiger partial charge is 1.00 e. The van der Waals surface area contributed by atoms with Crippen molar-refractivity contribution in [2.45, 2.75) is 77.7 Å². The number of hydrogen-bond acceptors (Lipinski definition) is 0. The monoisotopic (exact) mass is 397 g/mol. The first-order chi connectivity index (χ1) is 10.6. The van der Waals surface area contributed by atoms with Crippen molar-refractivity contribution < 1.29 is 58.9 Å². The summed E-state index contributed by atoms with van der Waals surface area (Å²) < 4.78 is 1.11. The molecule has 0 saturated heterocycles. The van der Waals surface area contributed by atoms with Gasteiger partial charge in [0.1, 0.15) is 6.54 Å². The van der Waals surface area contributed by atoms with Crippen molar-refractivity contribution >= 4 is 0 Å². The van der Waals surface area contributed by atoms with Crippen molar-refractivity contribution in [3.8, 4) is 0 Å². The molecule has 1 rings (SSSR count). The number of rotatable bonds is 13. The zero-order valence-electron chi connectivity index (χ0n) is 17.1. The summed E-state index contributed by atoms with van der Waals surface area (Å²) >= 11 is 0. The Kier molecular flexibility index (Phi) is 23.8. The van der Waals surface area contributed by atoms with Crippen LogP contribution in [0.3, 0.4) is 0 Å². The summed E-state index contributed by atoms with van der Waals surface area (Å²) in [4.78, 5) is 0. The Morgan fingerprint density at radius 3 is 1.60 bits per heavy atom. The van der Waals surface area contributed by atoms with Crippen LogP contribution in [0.5, 0.6) is 0 Å². The van der Waals surface area contributed by atoms with E-state index in [2.05, 4.69) is 51.4 Å². The van der Waals surface area contributed by atoms with Gasteiger partial charge >= 0.3 is 29.6 Å². The minimum atomic E-state index is 0. The summed E-state index contributed by atoms with van der Waals surface area (Å²) in [5.41, 5.74) is 1.46. The molecular formula is C21H38Cl2NNa. The predicted octanol–water partition coefficient (Wildman–Crippen LogP) is -2.80. The Balaban J connectivity index is -0.00000161. The van der Waals surface area contributed by atoms with Crippen LogP contribution in [-0.4, -0.2) is 25.1 Å². The van der Waals surface area contributed by atoms with Gasteiger partial charge in [-0.25, -0.2) is 0 Å². The maximum Gasteiger partial charge on any atom is 1.00 e. The fourth-order valence-electron chi connectivity index (χ4n) is 3.18. The molecule has 0 atom stereocenters. The minimum absolute atomic E-state index is 0. The molecule has 0 spiro atoms. The van der Waals surface area contributed by atoms with Crippen LogP contribution in [0, 0.1) is 0 Å². The van der Waals surface area contributed by atoms with Gasteiger partial charge in [0.15, 0.2) is 0 Å². The number of hydrogen-bond donors (Lipinski definition) is 0. The molecule has 0 radical (unpaired) electrons. The molecule has 0 unspecified atom stereocenters. The summed E-state index contributed by atoms with van der Waals surface area (Å²) in [7, 11) is 4.72. The van der Waals surface area contributed by atoms with Crippen LogP contribution in [-0.2, 0) is 6.54 Å². The van der Waals surface area contributed by atoms with E-state index in [1.54, 1.807) is 0 Å². The van der Waals surface area contributed by atoms with Gasteiger partial charge < -0.3 is 29.3 Å². The summed E-state index contributed by atoms with van der Waals surface area (Å²) in [6.45, 7) is 4.74. The first-order valence-electron chi connectivity index (χ1n) is 9.50. The van der Waals surface area contributed by atoms with Gasteiger partial charge in [0.25, 0.3) is 0 Å². The van der Waals surface area contributed by atoms with Gasteiger partial charge in [-0.15, -0.1) is 0 Å². The third-order valence-electron chi connectivity index (χ3n) is 4.57. The topological polar surface area (TPSA) is 0 Å². The molecule has 0 aromatic heterocycles. The Morgan fingerprint density at radius 1 is 0.680 bits per heavy atom. The van der Waals surface area contributed by atoms with Crippen molar-refractivity contribution in [1.82, 2.24) is 0 Å². The molecule has 1 aromatic carbocycles. The molecule has 1 aromatic rings. The number of unbranched alkanes of at least 4 members (excludes halogenated alkanes) is 9. The average Bonchev–Trinajstić information content (AvgIpc) is 2.49. The van der Waals surface area contributed by atoms with Crippen LogP contribution >= 0.6 is 0 Å². The molecule has 0 aliphatic rings. The molecule has 0 N–H and O–H groups in total. The predicted molar refractivity (Wildman–Crippen MR) is 99.0 cm³/mol. The van der Waals surface area contributed by atoms with E-state index >= 15 is 0 Å². The summed E-state index contributed by atoms with van der Waals surface area (Å²) in [5.74, 6) is 0. The van der Waals surface area contributed by atoms with Crippen molar-refractivity contribution in [3.63, 3.8) is 0 Å². The quantitative estimate of drug-likeness (QED) is 0.191. The van der Waals surface area contributed by atoms with Crippen molar-refractivity contribution in [2.24, 2.45) is 0 Å². The van der Waals surface area contributed by atoms with E-state index in [4.69, 9.17) is 0 Å². The van der Waals surface area contributed by atoms with Gasteiger partial charge in [-0.05, 0) is 12.8 Å². The zero-order valence-corrected chi connectivity index (χ0v) is 20.6. The van der Waals surface area contributed by atoms with E-state index < -0.39 is 0 Å². The third kappa shape index (κ3) is 17.9. The van der Waals surface area contributed by atoms with Crippen LogP contribution in [0.25, 0.3) is 0 Å². The van der Waals surface area contributed by atoms with E-state index in [0.717, 1.165) is 11.0 Å². The van der Waals surface area contributed by atoms with E-state index in [9.17, 15) is 0 Å². The molecule has 142 valence electrons. The van der Waals surface area contributed by atoms with Crippen LogP contribution in [0.2, 0.25) is 0 Å². The molecule has 4 heteroatoms. The van der Waals surface area contributed by atoms with Crippen LogP contribution < -0.4 is 54.4 Å². The molecule has 0 aliphatic heterocycles. The van der Waals surface area contributed by atoms with Crippen molar-refractivity contribution in [2.75, 3.05) is 20.6 Å². The molecular weight excluding hydrogens is 360 g/mol. The zero-order chi connectivity index (χ0) is 16.1. The standard InChI is InChI=1S/C21H38N.2ClH.Na/c1-4-5-6-7-8-9-10-11-12-16-19-22(2,3)20-21-17-14-13-15-18-21;;;/h13-15,17-18H,4-12,16,19-20H2,1-3H3;2*1H;/q+1;;;+1/p-2. The third-order valence-corrected chi connectivity index (χ3v) is 4.57. The first kappa shape index (κ1) is 30.5. The first-order valence-corrected chi connectivity index (χ1v) is 9.50. The molecule has 0 fully saturated rings. The molecule has 0 bridgehead atoms. The number of quaternary nitrogens is 1. The fraction of sp³-hybridized carbons (Fsp3) is 0.714. The van der Waals surface area contributed by atoms with Gasteiger partial charge in [-0.3, -0.25) is 0 Å². The Labute approximate surface area is 192 Å². The number of nitrogens with zero attached hydrogens (tertiary/aromatic N) is 1. The SMILES string of the molecule is CCCCCCCCCCCC[N+](C)(C)Cc1ccccc1.[Cl-].[Cl-].[Na+]. The Hall–Kier alpha value is 0.760. The summed E-state index contributed by atoms with van der Waals surface area (Å²) in [5, 5.41) is 0. The van der Waals surface area contributed by atoms with Crippen molar-refractivity contribution in [3.05, 3.63) is 35.9 Å². The molecule has 0 saturated carbocycles. The van der Waals surface area contributed by atoms with E-state index in [1.807, 2.05) is 0 Å². The van der Waals surface area contributed by atoms with Gasteiger partial charge in [-0.1, -0.05) is 88.6 Å². The van der Waals surface area contributed by atoms with Crippen LogP contribution in [0.1, 0.15) is 76.7 Å². The molecule has 0 heterocycles. The number of benzene rings is 1. The van der Waals surface area contributed by atoms with Gasteiger partial charge in [0, 0.05) is 5.56 Å². The maximum absolute atomic E-state index is 2.36. The second-order valence-electron chi connectivity index (χ2n) is 7.49. The van der Waals surface area contributed by atoms with E-state index in [0.29, 0.717) is 0 Å². The van der Waals surface area contributed by atoms with E-state index in [-0.39, 0.29) is 54.4 Å². The van der Waals surface area contributed by atoms with Crippen LogP contribution in [0.15, 0.2) is 30.3 Å². The fourth-order valence-corrected chi connectivity index (χ4v) is 3.18. The molecule has 25 heavy (non-hydrogen) atoms. The Morgan fingerprint density at radius 2 is 1.12 bits per heavy atom. The molecule has 0 amide bonds. The van der Waals surface area contributed by atoms with Gasteiger partial charge in [-0.2, -0.15) is 0 Å². The largest absolute Gasteiger partial charge is 1.00 e. The normalized spacial score (nSPS) is 10.4. The Bertz CT molecular complexity index is 371. The van der Waals surface area contributed by atoms with Crippen molar-refractivity contribution in [1.29, 1.82) is 0 Å². The average molecular weight is 398 g/mol. The number of halogens is 2. The molecule has 0 aliphatic carbocycles. The minimum Gasteiger partial charge on any atom is -1.00 e. The van der Waals surface area contributed by atoms with E-state index in [1.165, 1.54) is 76.3 Å². The van der Waals surface area contributed by atoms with Gasteiger partial charge in [0.05, 0.1) is 20.6 Å². The second-order valence-corrected chi connectivity index (χ2v) is 7.49. The maximum atomic E-state index is 2.36. The molecule has 1 nitrogen and oxygen atoms in total. The second kappa shape index (κ2) is 19.5. The van der Waals surface area contributed by atoms with Crippen LogP contribution in [0.4, 0.5) is 0 Å². The summed E-state index contributed by atoms with van der Waals surface area (Å²) in [6.07, 6.45) is 14.2. The summed E-state index contributed by atoms with van der Waals surface area (Å²) in [6, 6.07) is 10.9.